The van der Waals surface area contributed by atoms with Crippen LogP contribution in [0.5, 0.6) is 0 Å². The molecule has 1 amide bonds. The van der Waals surface area contributed by atoms with Gasteiger partial charge in [-0.25, -0.2) is 8.78 Å². The van der Waals surface area contributed by atoms with Crippen LogP contribution in [0.25, 0.3) is 10.1 Å². The van der Waals surface area contributed by atoms with E-state index in [-0.39, 0.29) is 12.2 Å². The van der Waals surface area contributed by atoms with Crippen molar-refractivity contribution in [3.63, 3.8) is 0 Å². The normalized spacial score (nSPS) is 15.8. The largest absolute Gasteiger partial charge is 0.320 e. The van der Waals surface area contributed by atoms with E-state index in [2.05, 4.69) is 39.9 Å². The van der Waals surface area contributed by atoms with E-state index < -0.39 is 17.5 Å². The highest BCUT2D eigenvalue weighted by molar-refractivity contribution is 7.17. The molecule has 0 radical (unpaired) electrons. The van der Waals surface area contributed by atoms with Crippen LogP contribution in [0.1, 0.15) is 5.56 Å². The summed E-state index contributed by atoms with van der Waals surface area (Å²) in [7, 11) is 0. The Hall–Kier alpha value is -2.35. The first-order valence-corrected chi connectivity index (χ1v) is 10.1. The van der Waals surface area contributed by atoms with Crippen LogP contribution < -0.4 is 5.32 Å². The van der Waals surface area contributed by atoms with Gasteiger partial charge in [0.2, 0.25) is 5.91 Å². The summed E-state index contributed by atoms with van der Waals surface area (Å²) in [4.78, 5) is 16.6. The molecule has 0 bridgehead atoms. The van der Waals surface area contributed by atoms with Crippen molar-refractivity contribution >= 4 is 33.0 Å². The van der Waals surface area contributed by atoms with Crippen molar-refractivity contribution in [3.05, 3.63) is 65.0 Å². The molecule has 0 aliphatic carbocycles. The van der Waals surface area contributed by atoms with Crippen LogP contribution in [0, 0.1) is 11.6 Å². The lowest BCUT2D eigenvalue weighted by Crippen LogP contribution is -2.48. The highest BCUT2D eigenvalue weighted by Crippen LogP contribution is 2.27. The maximum absolute atomic E-state index is 13.7. The molecule has 7 heteroatoms. The summed E-state index contributed by atoms with van der Waals surface area (Å²) >= 11 is 1.76. The number of carbonyl (C=O) groups is 1. The summed E-state index contributed by atoms with van der Waals surface area (Å²) in [6.45, 7) is 4.22. The lowest BCUT2D eigenvalue weighted by Gasteiger charge is -2.34. The summed E-state index contributed by atoms with van der Waals surface area (Å²) in [5, 5.41) is 5.87. The number of fused-ring (bicyclic) bond motifs is 1. The Balaban J connectivity index is 1.29. The van der Waals surface area contributed by atoms with E-state index in [1.807, 2.05) is 4.90 Å². The number of piperazine rings is 1. The van der Waals surface area contributed by atoms with Gasteiger partial charge in [0.15, 0.2) is 0 Å². The highest BCUT2D eigenvalue weighted by atomic mass is 32.1. The second-order valence-electron chi connectivity index (χ2n) is 6.95. The maximum Gasteiger partial charge on any atom is 0.238 e. The zero-order valence-corrected chi connectivity index (χ0v) is 16.1. The van der Waals surface area contributed by atoms with E-state index in [9.17, 15) is 13.6 Å². The standard InChI is InChI=1S/C21H21F2N3OS/c22-17-5-3-6-18(23)21(17)24-20(27)13-26-10-8-25(9-11-26)12-15-14-28-19-7-2-1-4-16(15)19/h1-7,14H,8-13H2,(H,24,27). The number of nitrogens with one attached hydrogen (secondary N) is 1. The first kappa shape index (κ1) is 19.0. The molecule has 4 nitrogen and oxygen atoms in total. The van der Waals surface area contributed by atoms with E-state index in [4.69, 9.17) is 0 Å². The van der Waals surface area contributed by atoms with Crippen LogP contribution in [-0.2, 0) is 11.3 Å². The highest BCUT2D eigenvalue weighted by Gasteiger charge is 2.21. The molecule has 1 saturated heterocycles. The van der Waals surface area contributed by atoms with Gasteiger partial charge in [0.25, 0.3) is 0 Å². The molecule has 0 atom stereocenters. The molecule has 1 aliphatic rings. The zero-order chi connectivity index (χ0) is 19.5. The minimum absolute atomic E-state index is 0.128. The van der Waals surface area contributed by atoms with Crippen molar-refractivity contribution in [1.29, 1.82) is 0 Å². The van der Waals surface area contributed by atoms with Crippen LogP contribution in [-0.4, -0.2) is 48.4 Å². The third-order valence-corrected chi connectivity index (χ3v) is 6.03. The Kier molecular flexibility index (Phi) is 5.66. The molecule has 4 rings (SSSR count). The predicted octanol–water partition coefficient (Wildman–Crippen LogP) is 3.94. The van der Waals surface area contributed by atoms with Crippen molar-refractivity contribution in [3.8, 4) is 0 Å². The van der Waals surface area contributed by atoms with E-state index in [0.717, 1.165) is 44.9 Å². The molecular weight excluding hydrogens is 380 g/mol. The summed E-state index contributed by atoms with van der Waals surface area (Å²) in [5.74, 6) is -1.93. The Morgan fingerprint density at radius 1 is 0.964 bits per heavy atom. The van der Waals surface area contributed by atoms with E-state index in [0.29, 0.717) is 0 Å². The Labute approximate surface area is 166 Å². The van der Waals surface area contributed by atoms with Gasteiger partial charge in [-0.2, -0.15) is 0 Å². The molecule has 2 aromatic carbocycles. The topological polar surface area (TPSA) is 35.6 Å². The zero-order valence-electron chi connectivity index (χ0n) is 15.3. The fourth-order valence-electron chi connectivity index (χ4n) is 3.50. The van der Waals surface area contributed by atoms with Gasteiger partial charge in [-0.15, -0.1) is 11.3 Å². The van der Waals surface area contributed by atoms with Gasteiger partial charge >= 0.3 is 0 Å². The number of nitrogens with zero attached hydrogens (tertiary/aromatic N) is 2. The van der Waals surface area contributed by atoms with Gasteiger partial charge in [-0.3, -0.25) is 14.6 Å². The van der Waals surface area contributed by atoms with Crippen molar-refractivity contribution in [2.75, 3.05) is 38.0 Å². The summed E-state index contributed by atoms with van der Waals surface area (Å²) in [6, 6.07) is 11.9. The van der Waals surface area contributed by atoms with Crippen molar-refractivity contribution in [1.82, 2.24) is 9.80 Å². The van der Waals surface area contributed by atoms with E-state index in [1.165, 1.54) is 21.7 Å². The number of hydrogen-bond acceptors (Lipinski definition) is 4. The summed E-state index contributed by atoms with van der Waals surface area (Å²) < 4.78 is 28.6. The van der Waals surface area contributed by atoms with Crippen molar-refractivity contribution in [2.24, 2.45) is 0 Å². The molecule has 2 heterocycles. The lowest BCUT2D eigenvalue weighted by molar-refractivity contribution is -0.117. The van der Waals surface area contributed by atoms with Crippen LogP contribution in [0.3, 0.4) is 0 Å². The van der Waals surface area contributed by atoms with Crippen molar-refractivity contribution < 1.29 is 13.6 Å². The number of rotatable bonds is 5. The first-order chi connectivity index (χ1) is 13.6. The van der Waals surface area contributed by atoms with Crippen LogP contribution in [0.4, 0.5) is 14.5 Å². The molecule has 146 valence electrons. The van der Waals surface area contributed by atoms with E-state index in [1.54, 1.807) is 11.3 Å². The maximum atomic E-state index is 13.7. The summed E-state index contributed by atoms with van der Waals surface area (Å²) in [6.07, 6.45) is 0. The number of thiophene rings is 1. The SMILES string of the molecule is O=C(CN1CCN(Cc2csc3ccccc23)CC1)Nc1c(F)cccc1F. The molecule has 0 spiro atoms. The number of anilines is 1. The minimum Gasteiger partial charge on any atom is -0.320 e. The number of benzene rings is 2. The first-order valence-electron chi connectivity index (χ1n) is 9.24. The monoisotopic (exact) mass is 401 g/mol. The van der Waals surface area contributed by atoms with Gasteiger partial charge in [0.1, 0.15) is 17.3 Å². The third kappa shape index (κ3) is 4.22. The number of amides is 1. The van der Waals surface area contributed by atoms with E-state index >= 15 is 0 Å². The molecule has 1 aromatic heterocycles. The predicted molar refractivity (Wildman–Crippen MR) is 109 cm³/mol. The molecule has 3 aromatic rings. The molecule has 28 heavy (non-hydrogen) atoms. The third-order valence-electron chi connectivity index (χ3n) is 5.01. The van der Waals surface area contributed by atoms with Crippen LogP contribution in [0.15, 0.2) is 47.8 Å². The minimum atomic E-state index is -0.763. The average Bonchev–Trinajstić information content (AvgIpc) is 3.09. The lowest BCUT2D eigenvalue weighted by atomic mass is 10.1. The Bertz CT molecular complexity index is 962. The smallest absolute Gasteiger partial charge is 0.238 e. The molecular formula is C21H21F2N3OS. The van der Waals surface area contributed by atoms with Crippen molar-refractivity contribution in [2.45, 2.75) is 6.54 Å². The molecule has 1 aliphatic heterocycles. The second-order valence-corrected chi connectivity index (χ2v) is 7.87. The fourth-order valence-corrected chi connectivity index (χ4v) is 4.45. The average molecular weight is 401 g/mol. The number of hydrogen-bond donors (Lipinski definition) is 1. The second kappa shape index (κ2) is 8.34. The fraction of sp³-hybridized carbons (Fsp3) is 0.286. The number of halogens is 2. The Morgan fingerprint density at radius 3 is 2.39 bits per heavy atom. The molecule has 1 N–H and O–H groups in total. The number of carbonyl (C=O) groups excluding carboxylic acids is 1. The van der Waals surface area contributed by atoms with Crippen LogP contribution in [0.2, 0.25) is 0 Å². The number of para-hydroxylation sites is 1. The quantitative estimate of drug-likeness (QED) is 0.704. The Morgan fingerprint density at radius 2 is 1.64 bits per heavy atom. The van der Waals surface area contributed by atoms with Gasteiger partial charge in [0, 0.05) is 37.4 Å². The van der Waals surface area contributed by atoms with Crippen LogP contribution >= 0.6 is 11.3 Å². The van der Waals surface area contributed by atoms with Gasteiger partial charge in [-0.1, -0.05) is 24.3 Å². The molecule has 0 unspecified atom stereocenters. The summed E-state index contributed by atoms with van der Waals surface area (Å²) in [5.41, 5.74) is 0.956. The van der Waals surface area contributed by atoms with Gasteiger partial charge in [-0.05, 0) is 34.5 Å². The molecule has 0 saturated carbocycles. The van der Waals surface area contributed by atoms with Gasteiger partial charge in [0.05, 0.1) is 6.54 Å². The van der Waals surface area contributed by atoms with Gasteiger partial charge < -0.3 is 5.32 Å². The molecule has 1 fully saturated rings.